The van der Waals surface area contributed by atoms with Crippen molar-refractivity contribution < 1.29 is 19.4 Å². The van der Waals surface area contributed by atoms with Gasteiger partial charge in [0, 0.05) is 21.8 Å². The van der Waals surface area contributed by atoms with Gasteiger partial charge in [-0.2, -0.15) is 0 Å². The van der Waals surface area contributed by atoms with E-state index in [4.69, 9.17) is 16.3 Å². The molecule has 4 rings (SSSR count). The number of hydrogen-bond acceptors (Lipinski definition) is 3. The van der Waals surface area contributed by atoms with E-state index in [-0.39, 0.29) is 18.9 Å². The van der Waals surface area contributed by atoms with E-state index in [2.05, 4.69) is 33.4 Å². The first-order valence-corrected chi connectivity index (χ1v) is 10.9. The summed E-state index contributed by atoms with van der Waals surface area (Å²) < 4.78 is 6.23. The molecule has 1 atom stereocenters. The fraction of sp³-hybridized carbons (Fsp3) is 0.167. The van der Waals surface area contributed by atoms with Crippen LogP contribution in [0.25, 0.3) is 11.1 Å². The molecule has 0 fully saturated rings. The summed E-state index contributed by atoms with van der Waals surface area (Å²) in [5.74, 6) is -1.26. The standard InChI is InChI=1S/C24H19BrClNO4/c25-15-9-10-21(26)14(11-15)12-22(23(28)29)27-24(30)31-13-20-18-7-3-1-5-16(18)17-6-2-4-8-19(17)20/h1-11,20,22H,12-13H2,(H,27,30)(H,28,29)/t22-/m1/s1. The van der Waals surface area contributed by atoms with Gasteiger partial charge in [0.2, 0.25) is 0 Å². The number of alkyl carbamates (subject to hydrolysis) is 1. The summed E-state index contributed by atoms with van der Waals surface area (Å²) in [5.41, 5.74) is 5.04. The smallest absolute Gasteiger partial charge is 0.407 e. The Morgan fingerprint density at radius 2 is 1.65 bits per heavy atom. The fourth-order valence-electron chi connectivity index (χ4n) is 3.90. The molecule has 0 spiro atoms. The normalized spacial score (nSPS) is 13.2. The van der Waals surface area contributed by atoms with Crippen LogP contribution in [0.4, 0.5) is 4.79 Å². The van der Waals surface area contributed by atoms with E-state index >= 15 is 0 Å². The predicted octanol–water partition coefficient (Wildman–Crippen LogP) is 5.64. The fourth-order valence-corrected chi connectivity index (χ4v) is 4.51. The van der Waals surface area contributed by atoms with Crippen LogP contribution in [-0.4, -0.2) is 29.8 Å². The monoisotopic (exact) mass is 499 g/mol. The number of carbonyl (C=O) groups is 2. The lowest BCUT2D eigenvalue weighted by molar-refractivity contribution is -0.139. The van der Waals surface area contributed by atoms with Crippen LogP contribution in [0, 0.1) is 0 Å². The summed E-state index contributed by atoms with van der Waals surface area (Å²) in [7, 11) is 0. The highest BCUT2D eigenvalue weighted by molar-refractivity contribution is 9.10. The summed E-state index contributed by atoms with van der Waals surface area (Å²) in [5, 5.41) is 12.4. The second kappa shape index (κ2) is 9.12. The molecule has 1 amide bonds. The number of rotatable bonds is 6. The minimum atomic E-state index is -1.16. The van der Waals surface area contributed by atoms with Crippen LogP contribution in [0.5, 0.6) is 0 Å². The van der Waals surface area contributed by atoms with Crippen LogP contribution in [0.2, 0.25) is 5.02 Å². The van der Waals surface area contributed by atoms with E-state index in [9.17, 15) is 14.7 Å². The molecule has 0 aromatic heterocycles. The molecule has 1 aliphatic carbocycles. The van der Waals surface area contributed by atoms with E-state index < -0.39 is 18.1 Å². The van der Waals surface area contributed by atoms with Crippen LogP contribution in [0.1, 0.15) is 22.6 Å². The van der Waals surface area contributed by atoms with Gasteiger partial charge in [-0.15, -0.1) is 0 Å². The van der Waals surface area contributed by atoms with Gasteiger partial charge in [0.1, 0.15) is 12.6 Å². The first-order valence-electron chi connectivity index (χ1n) is 9.72. The first-order chi connectivity index (χ1) is 14.9. The molecule has 2 N–H and O–H groups in total. The SMILES string of the molecule is O=C(N[C@H](Cc1cc(Br)ccc1Cl)C(=O)O)OCC1c2ccccc2-c2ccccc21. The quantitative estimate of drug-likeness (QED) is 0.459. The average molecular weight is 501 g/mol. The number of carbonyl (C=O) groups excluding carboxylic acids is 1. The molecule has 5 nitrogen and oxygen atoms in total. The van der Waals surface area contributed by atoms with Crippen molar-refractivity contribution in [1.82, 2.24) is 5.32 Å². The molecule has 0 saturated heterocycles. The van der Waals surface area contributed by atoms with Crippen LogP contribution in [0.3, 0.4) is 0 Å². The van der Waals surface area contributed by atoms with Crippen molar-refractivity contribution in [3.63, 3.8) is 0 Å². The van der Waals surface area contributed by atoms with Crippen molar-refractivity contribution in [2.45, 2.75) is 18.4 Å². The maximum Gasteiger partial charge on any atom is 0.407 e. The number of benzene rings is 3. The highest BCUT2D eigenvalue weighted by Gasteiger charge is 2.30. The van der Waals surface area contributed by atoms with Gasteiger partial charge in [-0.05, 0) is 46.0 Å². The lowest BCUT2D eigenvalue weighted by atomic mass is 9.98. The zero-order valence-electron chi connectivity index (χ0n) is 16.3. The molecular weight excluding hydrogens is 482 g/mol. The van der Waals surface area contributed by atoms with Crippen molar-refractivity contribution in [2.24, 2.45) is 0 Å². The molecule has 158 valence electrons. The Bertz CT molecular complexity index is 1100. The summed E-state index contributed by atoms with van der Waals surface area (Å²) in [4.78, 5) is 24.1. The van der Waals surface area contributed by atoms with Crippen molar-refractivity contribution in [3.8, 4) is 11.1 Å². The van der Waals surface area contributed by atoms with Crippen LogP contribution in [-0.2, 0) is 16.0 Å². The van der Waals surface area contributed by atoms with Crippen molar-refractivity contribution in [2.75, 3.05) is 6.61 Å². The molecule has 0 aliphatic heterocycles. The zero-order valence-corrected chi connectivity index (χ0v) is 18.7. The largest absolute Gasteiger partial charge is 0.480 e. The molecule has 0 saturated carbocycles. The van der Waals surface area contributed by atoms with E-state index in [1.807, 2.05) is 36.4 Å². The number of carboxylic acids is 1. The summed E-state index contributed by atoms with van der Waals surface area (Å²) in [6.07, 6.45) is -0.738. The van der Waals surface area contributed by atoms with E-state index in [0.29, 0.717) is 10.6 Å². The third kappa shape index (κ3) is 4.60. The Kier molecular flexibility index (Phi) is 6.30. The highest BCUT2D eigenvalue weighted by atomic mass is 79.9. The van der Waals surface area contributed by atoms with Crippen LogP contribution < -0.4 is 5.32 Å². The predicted molar refractivity (Wildman–Crippen MR) is 122 cm³/mol. The summed E-state index contributed by atoms with van der Waals surface area (Å²) in [6, 6.07) is 20.0. The lowest BCUT2D eigenvalue weighted by Crippen LogP contribution is -2.43. The van der Waals surface area contributed by atoms with Gasteiger partial charge in [0.05, 0.1) is 0 Å². The molecule has 1 aliphatic rings. The van der Waals surface area contributed by atoms with Gasteiger partial charge in [0.15, 0.2) is 0 Å². The lowest BCUT2D eigenvalue weighted by Gasteiger charge is -2.18. The number of carboxylic acid groups (broad SMARTS) is 1. The maximum atomic E-state index is 12.4. The van der Waals surface area contributed by atoms with E-state index in [1.54, 1.807) is 18.2 Å². The minimum absolute atomic E-state index is 0.0395. The molecule has 0 radical (unpaired) electrons. The maximum absolute atomic E-state index is 12.4. The number of halogens is 2. The van der Waals surface area contributed by atoms with Crippen LogP contribution >= 0.6 is 27.5 Å². The summed E-state index contributed by atoms with van der Waals surface area (Å²) in [6.45, 7) is 0.115. The Morgan fingerprint density at radius 3 is 2.26 bits per heavy atom. The second-order valence-corrected chi connectivity index (χ2v) is 8.62. The van der Waals surface area contributed by atoms with Gasteiger partial charge in [-0.1, -0.05) is 76.1 Å². The number of fused-ring (bicyclic) bond motifs is 3. The Hall–Kier alpha value is -2.83. The molecule has 0 heterocycles. The van der Waals surface area contributed by atoms with E-state index in [1.165, 1.54) is 0 Å². The number of amides is 1. The van der Waals surface area contributed by atoms with Crippen molar-refractivity contribution >= 4 is 39.6 Å². The number of ether oxygens (including phenoxy) is 1. The first kappa shape index (κ1) is 21.4. The molecule has 3 aromatic rings. The number of hydrogen-bond donors (Lipinski definition) is 2. The van der Waals surface area contributed by atoms with Gasteiger partial charge in [-0.25, -0.2) is 9.59 Å². The third-order valence-electron chi connectivity index (χ3n) is 5.37. The molecular formula is C24H19BrClNO4. The third-order valence-corrected chi connectivity index (χ3v) is 6.23. The van der Waals surface area contributed by atoms with Crippen molar-refractivity contribution in [1.29, 1.82) is 0 Å². The highest BCUT2D eigenvalue weighted by Crippen LogP contribution is 2.44. The Morgan fingerprint density at radius 1 is 1.03 bits per heavy atom. The van der Waals surface area contributed by atoms with Gasteiger partial charge < -0.3 is 15.2 Å². The number of nitrogens with one attached hydrogen (secondary N) is 1. The number of aliphatic carboxylic acids is 1. The van der Waals surface area contributed by atoms with Gasteiger partial charge in [0.25, 0.3) is 0 Å². The second-order valence-electron chi connectivity index (χ2n) is 7.30. The van der Waals surface area contributed by atoms with Crippen LogP contribution in [0.15, 0.2) is 71.2 Å². The van der Waals surface area contributed by atoms with Gasteiger partial charge >= 0.3 is 12.1 Å². The summed E-state index contributed by atoms with van der Waals surface area (Å²) >= 11 is 9.51. The zero-order chi connectivity index (χ0) is 22.0. The average Bonchev–Trinajstić information content (AvgIpc) is 3.08. The van der Waals surface area contributed by atoms with Crippen molar-refractivity contribution in [3.05, 3.63) is 92.9 Å². The Labute approximate surface area is 193 Å². The molecule has 31 heavy (non-hydrogen) atoms. The minimum Gasteiger partial charge on any atom is -0.480 e. The molecule has 3 aromatic carbocycles. The van der Waals surface area contributed by atoms with Gasteiger partial charge in [-0.3, -0.25) is 0 Å². The Balaban J connectivity index is 1.45. The molecule has 7 heteroatoms. The molecule has 0 bridgehead atoms. The van der Waals surface area contributed by atoms with E-state index in [0.717, 1.165) is 26.7 Å². The molecule has 0 unspecified atom stereocenters. The topological polar surface area (TPSA) is 75.6 Å².